The van der Waals surface area contributed by atoms with Crippen LogP contribution in [0.4, 0.5) is 4.39 Å². The van der Waals surface area contributed by atoms with Gasteiger partial charge in [-0.2, -0.15) is 0 Å². The average molecular weight is 233 g/mol. The van der Waals surface area contributed by atoms with Crippen LogP contribution in [0.5, 0.6) is 0 Å². The predicted octanol–water partition coefficient (Wildman–Crippen LogP) is 4.37. The minimum atomic E-state index is -0.191. The summed E-state index contributed by atoms with van der Waals surface area (Å²) in [6, 6.07) is 5.18. The van der Waals surface area contributed by atoms with Crippen molar-refractivity contribution < 1.29 is 4.39 Å². The van der Waals surface area contributed by atoms with Crippen LogP contribution in [0.2, 0.25) is 0 Å². The van der Waals surface area contributed by atoms with Gasteiger partial charge in [-0.05, 0) is 30.9 Å². The SMILES string of the molecule is CCc1cccc(F)c1/C(C)=N/C=C\C(C)C. The second kappa shape index (κ2) is 6.33. The normalized spacial score (nSPS) is 12.7. The summed E-state index contributed by atoms with van der Waals surface area (Å²) in [5.41, 5.74) is 2.38. The third-order valence-corrected chi connectivity index (χ3v) is 2.58. The van der Waals surface area contributed by atoms with Crippen LogP contribution in [0.15, 0.2) is 35.5 Å². The third kappa shape index (κ3) is 3.81. The van der Waals surface area contributed by atoms with E-state index in [1.807, 2.05) is 26.0 Å². The summed E-state index contributed by atoms with van der Waals surface area (Å²) in [6.45, 7) is 8.04. The van der Waals surface area contributed by atoms with Gasteiger partial charge in [-0.15, -0.1) is 0 Å². The second-order valence-corrected chi connectivity index (χ2v) is 4.43. The van der Waals surface area contributed by atoms with Crippen molar-refractivity contribution in [2.24, 2.45) is 10.9 Å². The molecule has 0 aliphatic heterocycles. The summed E-state index contributed by atoms with van der Waals surface area (Å²) < 4.78 is 13.8. The fourth-order valence-electron chi connectivity index (χ4n) is 1.66. The van der Waals surface area contributed by atoms with Crippen molar-refractivity contribution in [3.05, 3.63) is 47.4 Å². The maximum atomic E-state index is 13.8. The summed E-state index contributed by atoms with van der Waals surface area (Å²) in [5.74, 6) is 0.265. The smallest absolute Gasteiger partial charge is 0.132 e. The molecule has 0 saturated carbocycles. The van der Waals surface area contributed by atoms with Crippen LogP contribution < -0.4 is 0 Å². The molecule has 17 heavy (non-hydrogen) atoms. The van der Waals surface area contributed by atoms with E-state index in [-0.39, 0.29) is 5.82 Å². The van der Waals surface area contributed by atoms with Crippen molar-refractivity contribution in [1.29, 1.82) is 0 Å². The maximum Gasteiger partial charge on any atom is 0.132 e. The lowest BCUT2D eigenvalue weighted by atomic mass is 10.0. The largest absolute Gasteiger partial charge is 0.261 e. The second-order valence-electron chi connectivity index (χ2n) is 4.43. The molecule has 0 unspecified atom stereocenters. The first-order valence-electron chi connectivity index (χ1n) is 6.05. The van der Waals surface area contributed by atoms with Crippen LogP contribution in [0.25, 0.3) is 0 Å². The molecule has 1 rings (SSSR count). The standard InChI is InChI=1S/C15H20FN/c1-5-13-7-6-8-14(16)15(13)12(4)17-10-9-11(2)3/h6-11H,5H2,1-4H3/b10-9-,17-12+. The average Bonchev–Trinajstić information content (AvgIpc) is 2.27. The number of hydrogen-bond acceptors (Lipinski definition) is 1. The van der Waals surface area contributed by atoms with E-state index in [2.05, 4.69) is 18.8 Å². The van der Waals surface area contributed by atoms with E-state index in [4.69, 9.17) is 0 Å². The first-order valence-corrected chi connectivity index (χ1v) is 6.05. The highest BCUT2D eigenvalue weighted by Gasteiger charge is 2.09. The molecule has 0 N–H and O–H groups in total. The lowest BCUT2D eigenvalue weighted by Crippen LogP contribution is -2.03. The number of allylic oxidation sites excluding steroid dienone is 1. The Balaban J connectivity index is 3.07. The van der Waals surface area contributed by atoms with Crippen LogP contribution >= 0.6 is 0 Å². The zero-order valence-electron chi connectivity index (χ0n) is 11.0. The number of aliphatic imine (C=N–C) groups is 1. The molecule has 0 fully saturated rings. The third-order valence-electron chi connectivity index (χ3n) is 2.58. The number of benzene rings is 1. The van der Waals surface area contributed by atoms with Gasteiger partial charge in [-0.1, -0.05) is 39.0 Å². The molecule has 0 aliphatic carbocycles. The van der Waals surface area contributed by atoms with Crippen LogP contribution in [0.3, 0.4) is 0 Å². The van der Waals surface area contributed by atoms with Crippen molar-refractivity contribution >= 4 is 5.71 Å². The summed E-state index contributed by atoms with van der Waals surface area (Å²) >= 11 is 0. The summed E-state index contributed by atoms with van der Waals surface area (Å²) in [6.07, 6.45) is 4.57. The molecule has 2 heteroatoms. The molecule has 0 radical (unpaired) electrons. The molecule has 0 spiro atoms. The molecule has 0 aromatic heterocycles. The molecule has 0 saturated heterocycles. The lowest BCUT2D eigenvalue weighted by Gasteiger charge is -2.07. The van der Waals surface area contributed by atoms with E-state index in [1.165, 1.54) is 6.07 Å². The fraction of sp³-hybridized carbons (Fsp3) is 0.400. The van der Waals surface area contributed by atoms with Crippen molar-refractivity contribution in [1.82, 2.24) is 0 Å². The van der Waals surface area contributed by atoms with Crippen LogP contribution in [-0.2, 0) is 6.42 Å². The monoisotopic (exact) mass is 233 g/mol. The van der Waals surface area contributed by atoms with Crippen LogP contribution in [-0.4, -0.2) is 5.71 Å². The van der Waals surface area contributed by atoms with Crippen molar-refractivity contribution in [3.8, 4) is 0 Å². The molecule has 92 valence electrons. The van der Waals surface area contributed by atoms with E-state index in [0.717, 1.165) is 17.7 Å². The highest BCUT2D eigenvalue weighted by atomic mass is 19.1. The highest BCUT2D eigenvalue weighted by Crippen LogP contribution is 2.15. The molecule has 0 aliphatic rings. The van der Waals surface area contributed by atoms with Gasteiger partial charge < -0.3 is 0 Å². The number of hydrogen-bond donors (Lipinski definition) is 0. The zero-order chi connectivity index (χ0) is 12.8. The van der Waals surface area contributed by atoms with Crippen LogP contribution in [0.1, 0.15) is 38.8 Å². The Morgan fingerprint density at radius 2 is 2.12 bits per heavy atom. The minimum Gasteiger partial charge on any atom is -0.261 e. The Bertz CT molecular complexity index is 431. The Morgan fingerprint density at radius 1 is 1.41 bits per heavy atom. The molecule has 0 amide bonds. The topological polar surface area (TPSA) is 12.4 Å². The zero-order valence-corrected chi connectivity index (χ0v) is 11.0. The number of halogens is 1. The highest BCUT2D eigenvalue weighted by molar-refractivity contribution is 6.00. The number of aryl methyl sites for hydroxylation is 1. The first kappa shape index (κ1) is 13.6. The summed E-state index contributed by atoms with van der Waals surface area (Å²) in [4.78, 5) is 4.30. The van der Waals surface area contributed by atoms with Gasteiger partial charge in [0.05, 0.1) is 0 Å². The van der Waals surface area contributed by atoms with E-state index < -0.39 is 0 Å². The van der Waals surface area contributed by atoms with E-state index in [1.54, 1.807) is 12.3 Å². The molecular formula is C15H20FN. The van der Waals surface area contributed by atoms with E-state index >= 15 is 0 Å². The van der Waals surface area contributed by atoms with Gasteiger partial charge in [0.25, 0.3) is 0 Å². The first-order chi connectivity index (χ1) is 8.06. The Labute approximate surface area is 103 Å². The van der Waals surface area contributed by atoms with Gasteiger partial charge in [-0.3, -0.25) is 4.99 Å². The maximum absolute atomic E-state index is 13.8. The van der Waals surface area contributed by atoms with Gasteiger partial charge in [-0.25, -0.2) is 4.39 Å². The molecule has 1 aromatic carbocycles. The Kier molecular flexibility index (Phi) is 5.08. The van der Waals surface area contributed by atoms with Crippen molar-refractivity contribution in [3.63, 3.8) is 0 Å². The quantitative estimate of drug-likeness (QED) is 0.685. The number of rotatable bonds is 4. The van der Waals surface area contributed by atoms with Crippen molar-refractivity contribution in [2.45, 2.75) is 34.1 Å². The van der Waals surface area contributed by atoms with Gasteiger partial charge in [0, 0.05) is 17.5 Å². The van der Waals surface area contributed by atoms with Gasteiger partial charge in [0.15, 0.2) is 0 Å². The van der Waals surface area contributed by atoms with Gasteiger partial charge in [0.1, 0.15) is 5.82 Å². The summed E-state index contributed by atoms with van der Waals surface area (Å²) in [5, 5.41) is 0. The van der Waals surface area contributed by atoms with Gasteiger partial charge in [0.2, 0.25) is 0 Å². The molecule has 0 heterocycles. The van der Waals surface area contributed by atoms with Crippen LogP contribution in [0, 0.1) is 11.7 Å². The van der Waals surface area contributed by atoms with E-state index in [9.17, 15) is 4.39 Å². The molecule has 0 bridgehead atoms. The molecule has 1 aromatic rings. The predicted molar refractivity (Wildman–Crippen MR) is 72.0 cm³/mol. The Morgan fingerprint density at radius 3 is 2.71 bits per heavy atom. The minimum absolute atomic E-state index is 0.191. The summed E-state index contributed by atoms with van der Waals surface area (Å²) in [7, 11) is 0. The molecule has 0 atom stereocenters. The van der Waals surface area contributed by atoms with Crippen molar-refractivity contribution in [2.75, 3.05) is 0 Å². The Hall–Kier alpha value is -1.44. The fourth-order valence-corrected chi connectivity index (χ4v) is 1.66. The number of nitrogens with zero attached hydrogens (tertiary/aromatic N) is 1. The van der Waals surface area contributed by atoms with Gasteiger partial charge >= 0.3 is 0 Å². The molecular weight excluding hydrogens is 213 g/mol. The lowest BCUT2D eigenvalue weighted by molar-refractivity contribution is 0.623. The van der Waals surface area contributed by atoms with E-state index in [0.29, 0.717) is 11.5 Å². The molecule has 1 nitrogen and oxygen atoms in total.